The van der Waals surface area contributed by atoms with Crippen molar-refractivity contribution in [2.24, 2.45) is 0 Å². The zero-order chi connectivity index (χ0) is 19.5. The van der Waals surface area contributed by atoms with Crippen molar-refractivity contribution in [2.45, 2.75) is 18.9 Å². The number of para-hydroxylation sites is 1. The molecule has 0 unspecified atom stereocenters. The highest BCUT2D eigenvalue weighted by molar-refractivity contribution is 6.30. The topological polar surface area (TPSA) is 73.2 Å². The van der Waals surface area contributed by atoms with Crippen LogP contribution in [0.5, 0.6) is 0 Å². The fourth-order valence-electron chi connectivity index (χ4n) is 2.76. The van der Waals surface area contributed by atoms with E-state index in [9.17, 15) is 9.59 Å². The molecule has 1 aliphatic carbocycles. The summed E-state index contributed by atoms with van der Waals surface area (Å²) in [7, 11) is 0. The summed E-state index contributed by atoms with van der Waals surface area (Å²) in [6.07, 6.45) is 3.56. The van der Waals surface area contributed by atoms with Gasteiger partial charge in [0.15, 0.2) is 6.61 Å². The Balaban J connectivity index is 1.61. The molecular weight excluding hydrogens is 378 g/mol. The Bertz CT molecular complexity index is 995. The third-order valence-corrected chi connectivity index (χ3v) is 4.60. The van der Waals surface area contributed by atoms with Crippen LogP contribution >= 0.6 is 11.6 Å². The van der Waals surface area contributed by atoms with Crippen molar-refractivity contribution in [1.82, 2.24) is 15.1 Å². The fourth-order valence-corrected chi connectivity index (χ4v) is 2.89. The number of aromatic nitrogens is 2. The van der Waals surface area contributed by atoms with Gasteiger partial charge in [-0.1, -0.05) is 41.9 Å². The van der Waals surface area contributed by atoms with Gasteiger partial charge < -0.3 is 10.1 Å². The maximum atomic E-state index is 12.7. The van der Waals surface area contributed by atoms with Crippen LogP contribution in [-0.2, 0) is 9.53 Å². The molecule has 4 rings (SSSR count). The number of nitrogens with zero attached hydrogens (tertiary/aromatic N) is 2. The number of rotatable bonds is 6. The van der Waals surface area contributed by atoms with Gasteiger partial charge in [0.2, 0.25) is 0 Å². The predicted molar refractivity (Wildman–Crippen MR) is 105 cm³/mol. The second-order valence-corrected chi connectivity index (χ2v) is 7.03. The highest BCUT2D eigenvalue weighted by Crippen LogP contribution is 2.26. The number of ether oxygens (including phenoxy) is 1. The summed E-state index contributed by atoms with van der Waals surface area (Å²) in [6.45, 7) is -0.314. The average Bonchev–Trinajstić information content (AvgIpc) is 3.41. The molecule has 7 heteroatoms. The maximum absolute atomic E-state index is 12.7. The highest BCUT2D eigenvalue weighted by Gasteiger charge is 2.25. The Labute approximate surface area is 167 Å². The van der Waals surface area contributed by atoms with Crippen molar-refractivity contribution < 1.29 is 14.3 Å². The first-order valence-electron chi connectivity index (χ1n) is 8.97. The minimum absolute atomic E-state index is 0.219. The van der Waals surface area contributed by atoms with Gasteiger partial charge in [-0.2, -0.15) is 5.10 Å². The SMILES string of the molecule is O=C(COC(=O)c1cn(-c2ccccc2)nc1-c1ccc(Cl)cc1)NC1CC1. The summed E-state index contributed by atoms with van der Waals surface area (Å²) in [5, 5.41) is 7.94. The van der Waals surface area contributed by atoms with Gasteiger partial charge in [0.25, 0.3) is 5.91 Å². The first kappa shape index (κ1) is 18.3. The van der Waals surface area contributed by atoms with Crippen LogP contribution in [0.1, 0.15) is 23.2 Å². The van der Waals surface area contributed by atoms with Gasteiger partial charge in [0, 0.05) is 22.8 Å². The number of benzene rings is 2. The van der Waals surface area contributed by atoms with Crippen LogP contribution in [0.25, 0.3) is 16.9 Å². The smallest absolute Gasteiger partial charge is 0.342 e. The van der Waals surface area contributed by atoms with E-state index in [1.165, 1.54) is 0 Å². The van der Waals surface area contributed by atoms with Crippen LogP contribution in [-0.4, -0.2) is 34.3 Å². The van der Waals surface area contributed by atoms with Gasteiger partial charge in [0.1, 0.15) is 11.3 Å². The zero-order valence-corrected chi connectivity index (χ0v) is 15.7. The molecule has 0 bridgehead atoms. The van der Waals surface area contributed by atoms with Crippen LogP contribution in [0, 0.1) is 0 Å². The number of hydrogen-bond acceptors (Lipinski definition) is 4. The van der Waals surface area contributed by atoms with Crippen LogP contribution in [0.15, 0.2) is 60.8 Å². The van der Waals surface area contributed by atoms with Gasteiger partial charge in [-0.3, -0.25) is 4.79 Å². The van der Waals surface area contributed by atoms with E-state index in [0.29, 0.717) is 10.7 Å². The van der Waals surface area contributed by atoms with Gasteiger partial charge in [0.05, 0.1) is 5.69 Å². The Morgan fingerprint density at radius 3 is 2.50 bits per heavy atom. The van der Waals surface area contributed by atoms with Gasteiger partial charge in [-0.05, 0) is 37.1 Å². The summed E-state index contributed by atoms with van der Waals surface area (Å²) in [4.78, 5) is 24.5. The predicted octanol–water partition coefficient (Wildman–Crippen LogP) is 3.63. The van der Waals surface area contributed by atoms with E-state index in [2.05, 4.69) is 10.4 Å². The van der Waals surface area contributed by atoms with Crippen molar-refractivity contribution in [3.05, 3.63) is 71.4 Å². The molecule has 28 heavy (non-hydrogen) atoms. The van der Waals surface area contributed by atoms with Crippen molar-refractivity contribution in [3.63, 3.8) is 0 Å². The third-order valence-electron chi connectivity index (χ3n) is 4.35. The van der Waals surface area contributed by atoms with E-state index in [1.54, 1.807) is 35.1 Å². The number of halogens is 1. The third kappa shape index (κ3) is 4.23. The first-order chi connectivity index (χ1) is 13.6. The molecule has 142 valence electrons. The minimum atomic E-state index is -0.599. The Morgan fingerprint density at radius 2 is 1.82 bits per heavy atom. The maximum Gasteiger partial charge on any atom is 0.342 e. The van der Waals surface area contributed by atoms with E-state index in [4.69, 9.17) is 16.3 Å². The zero-order valence-electron chi connectivity index (χ0n) is 15.0. The molecule has 0 saturated heterocycles. The normalized spacial score (nSPS) is 13.2. The summed E-state index contributed by atoms with van der Waals surface area (Å²) >= 11 is 5.97. The number of carbonyl (C=O) groups is 2. The largest absolute Gasteiger partial charge is 0.452 e. The van der Waals surface area contributed by atoms with E-state index in [0.717, 1.165) is 24.1 Å². The summed E-state index contributed by atoms with van der Waals surface area (Å²) < 4.78 is 6.84. The quantitative estimate of drug-likeness (QED) is 0.647. The molecule has 2 aromatic carbocycles. The second kappa shape index (κ2) is 7.86. The lowest BCUT2D eigenvalue weighted by Crippen LogP contribution is -2.30. The average molecular weight is 396 g/mol. The van der Waals surface area contributed by atoms with Crippen LogP contribution < -0.4 is 5.32 Å². The molecule has 3 aromatic rings. The number of hydrogen-bond donors (Lipinski definition) is 1. The van der Waals surface area contributed by atoms with Crippen LogP contribution in [0.4, 0.5) is 0 Å². The number of amides is 1. The minimum Gasteiger partial charge on any atom is -0.452 e. The highest BCUT2D eigenvalue weighted by atomic mass is 35.5. The molecule has 1 heterocycles. The summed E-state index contributed by atoms with van der Waals surface area (Å²) in [5.41, 5.74) is 2.29. The molecule has 1 N–H and O–H groups in total. The molecule has 1 aliphatic rings. The molecular formula is C21H18ClN3O3. The lowest BCUT2D eigenvalue weighted by atomic mass is 10.1. The lowest BCUT2D eigenvalue weighted by molar-refractivity contribution is -0.124. The van der Waals surface area contributed by atoms with Gasteiger partial charge in [-0.25, -0.2) is 9.48 Å². The molecule has 1 amide bonds. The van der Waals surface area contributed by atoms with Crippen LogP contribution in [0.3, 0.4) is 0 Å². The van der Waals surface area contributed by atoms with Gasteiger partial charge in [-0.15, -0.1) is 0 Å². The van der Waals surface area contributed by atoms with Crippen molar-refractivity contribution >= 4 is 23.5 Å². The number of nitrogens with one attached hydrogen (secondary N) is 1. The molecule has 1 aromatic heterocycles. The van der Waals surface area contributed by atoms with E-state index < -0.39 is 5.97 Å². The number of esters is 1. The molecule has 0 atom stereocenters. The Morgan fingerprint density at radius 1 is 1.11 bits per heavy atom. The molecule has 1 saturated carbocycles. The first-order valence-corrected chi connectivity index (χ1v) is 9.35. The van der Waals surface area contributed by atoms with E-state index in [-0.39, 0.29) is 24.1 Å². The summed E-state index contributed by atoms with van der Waals surface area (Å²) in [5.74, 6) is -0.891. The monoisotopic (exact) mass is 395 g/mol. The lowest BCUT2D eigenvalue weighted by Gasteiger charge is -2.05. The van der Waals surface area contributed by atoms with Crippen molar-refractivity contribution in [1.29, 1.82) is 0 Å². The van der Waals surface area contributed by atoms with Crippen molar-refractivity contribution in [3.8, 4) is 16.9 Å². The molecule has 0 radical (unpaired) electrons. The molecule has 6 nitrogen and oxygen atoms in total. The second-order valence-electron chi connectivity index (χ2n) is 6.60. The van der Waals surface area contributed by atoms with E-state index >= 15 is 0 Å². The van der Waals surface area contributed by atoms with Gasteiger partial charge >= 0.3 is 5.97 Å². The Hall–Kier alpha value is -3.12. The fraction of sp³-hybridized carbons (Fsp3) is 0.190. The standard InChI is InChI=1S/C21H18ClN3O3/c22-15-8-6-14(7-9-15)20-18(12-25(24-20)17-4-2-1-3-5-17)21(27)28-13-19(26)23-16-10-11-16/h1-9,12,16H,10-11,13H2,(H,23,26). The number of carbonyl (C=O) groups excluding carboxylic acids is 2. The van der Waals surface area contributed by atoms with Crippen molar-refractivity contribution in [2.75, 3.05) is 6.61 Å². The summed E-state index contributed by atoms with van der Waals surface area (Å²) in [6, 6.07) is 16.7. The van der Waals surface area contributed by atoms with Crippen LogP contribution in [0.2, 0.25) is 5.02 Å². The molecule has 0 aliphatic heterocycles. The Kier molecular flexibility index (Phi) is 5.12. The molecule has 0 spiro atoms. The van der Waals surface area contributed by atoms with E-state index in [1.807, 2.05) is 30.3 Å². The molecule has 1 fully saturated rings.